The number of ether oxygens (including phenoxy) is 1. The van der Waals surface area contributed by atoms with Crippen molar-refractivity contribution in [1.29, 1.82) is 0 Å². The van der Waals surface area contributed by atoms with Crippen LogP contribution in [0.25, 0.3) is 0 Å². The molecule has 1 N–H and O–H groups in total. The number of halogens is 1. The fourth-order valence-corrected chi connectivity index (χ4v) is 4.44. The summed E-state index contributed by atoms with van der Waals surface area (Å²) in [4.78, 5) is 32.4. The molecule has 2 aliphatic rings. The van der Waals surface area contributed by atoms with Crippen LogP contribution in [0.1, 0.15) is 71.3 Å². The number of nitrogens with zero attached hydrogens (tertiary/aromatic N) is 3. The Hall–Kier alpha value is -2.38. The van der Waals surface area contributed by atoms with Crippen molar-refractivity contribution in [2.75, 3.05) is 13.2 Å². The van der Waals surface area contributed by atoms with E-state index in [1.807, 2.05) is 22.5 Å². The van der Waals surface area contributed by atoms with Crippen molar-refractivity contribution >= 4 is 23.4 Å². The molecule has 2 aliphatic heterocycles. The van der Waals surface area contributed by atoms with Gasteiger partial charge < -0.3 is 19.5 Å². The molecular weight excluding hydrogens is 404 g/mol. The van der Waals surface area contributed by atoms with E-state index in [1.54, 1.807) is 18.3 Å². The van der Waals surface area contributed by atoms with E-state index in [-0.39, 0.29) is 23.9 Å². The summed E-state index contributed by atoms with van der Waals surface area (Å²) in [5.74, 6) is -0.212. The molecule has 2 aromatic rings. The predicted molar refractivity (Wildman–Crippen MR) is 114 cm³/mol. The van der Waals surface area contributed by atoms with Crippen molar-refractivity contribution in [3.63, 3.8) is 0 Å². The van der Waals surface area contributed by atoms with Gasteiger partial charge in [0.25, 0.3) is 11.8 Å². The summed E-state index contributed by atoms with van der Waals surface area (Å²) in [5, 5.41) is 3.50. The van der Waals surface area contributed by atoms with Gasteiger partial charge in [-0.25, -0.2) is 4.98 Å². The number of fused-ring (bicyclic) bond motifs is 1. The second kappa shape index (κ2) is 8.78. The maximum absolute atomic E-state index is 13.2. The number of carbonyl (C=O) groups excluding carboxylic acids is 2. The Kier molecular flexibility index (Phi) is 6.11. The standard InChI is InChI=1S/C22H27ClN4O3/c1-3-17(15-6-7-20(23)24-12-15)25-21(28)16-11-18(27-9-10-30-13-19(16)27)22(29)26-8-4-5-14(26)2/h6-7,11-12,14,17H,3-5,8-10,13H2,1-2H3,(H,25,28). The van der Waals surface area contributed by atoms with Gasteiger partial charge in [0.15, 0.2) is 0 Å². The molecule has 2 unspecified atom stereocenters. The summed E-state index contributed by atoms with van der Waals surface area (Å²) in [7, 11) is 0. The summed E-state index contributed by atoms with van der Waals surface area (Å²) in [6.45, 7) is 6.27. The summed E-state index contributed by atoms with van der Waals surface area (Å²) in [6.07, 6.45) is 4.42. The number of nitrogens with one attached hydrogen (secondary N) is 1. The highest BCUT2D eigenvalue weighted by molar-refractivity contribution is 6.29. The van der Waals surface area contributed by atoms with E-state index in [0.29, 0.717) is 42.6 Å². The van der Waals surface area contributed by atoms with Crippen LogP contribution in [0.4, 0.5) is 0 Å². The highest BCUT2D eigenvalue weighted by Crippen LogP contribution is 2.26. The summed E-state index contributed by atoms with van der Waals surface area (Å²) < 4.78 is 7.56. The highest BCUT2D eigenvalue weighted by Gasteiger charge is 2.32. The average molecular weight is 431 g/mol. The van der Waals surface area contributed by atoms with E-state index in [1.165, 1.54) is 0 Å². The Bertz CT molecular complexity index is 941. The molecule has 0 radical (unpaired) electrons. The van der Waals surface area contributed by atoms with Crippen LogP contribution in [-0.4, -0.2) is 45.5 Å². The lowest BCUT2D eigenvalue weighted by molar-refractivity contribution is 0.0683. The number of hydrogen-bond donors (Lipinski definition) is 1. The van der Waals surface area contributed by atoms with Crippen molar-refractivity contribution in [2.24, 2.45) is 0 Å². The van der Waals surface area contributed by atoms with Gasteiger partial charge in [0.1, 0.15) is 10.8 Å². The van der Waals surface area contributed by atoms with Gasteiger partial charge in [0.05, 0.1) is 30.5 Å². The molecule has 160 valence electrons. The van der Waals surface area contributed by atoms with E-state index >= 15 is 0 Å². The predicted octanol–water partition coefficient (Wildman–Crippen LogP) is 3.57. The van der Waals surface area contributed by atoms with Crippen LogP contribution in [0.15, 0.2) is 24.4 Å². The minimum Gasteiger partial charge on any atom is -0.373 e. The number of hydrogen-bond acceptors (Lipinski definition) is 4. The molecule has 1 fully saturated rings. The zero-order valence-corrected chi connectivity index (χ0v) is 18.1. The molecule has 2 atom stereocenters. The number of rotatable bonds is 5. The van der Waals surface area contributed by atoms with E-state index in [0.717, 1.165) is 30.6 Å². The third-order valence-electron chi connectivity index (χ3n) is 6.05. The summed E-state index contributed by atoms with van der Waals surface area (Å²) in [5.41, 5.74) is 2.73. The second-order valence-corrected chi connectivity index (χ2v) is 8.32. The zero-order chi connectivity index (χ0) is 21.3. The minimum atomic E-state index is -0.209. The van der Waals surface area contributed by atoms with Crippen LogP contribution in [0.3, 0.4) is 0 Å². The van der Waals surface area contributed by atoms with E-state index in [2.05, 4.69) is 17.2 Å². The van der Waals surface area contributed by atoms with Gasteiger partial charge in [-0.05, 0) is 43.9 Å². The summed E-state index contributed by atoms with van der Waals surface area (Å²) >= 11 is 5.89. The Balaban J connectivity index is 1.61. The third kappa shape index (κ3) is 3.96. The van der Waals surface area contributed by atoms with Crippen LogP contribution >= 0.6 is 11.6 Å². The fraction of sp³-hybridized carbons (Fsp3) is 0.500. The van der Waals surface area contributed by atoms with Crippen molar-refractivity contribution in [1.82, 2.24) is 19.8 Å². The fourth-order valence-electron chi connectivity index (χ4n) is 4.33. The molecule has 0 aliphatic carbocycles. The molecule has 4 rings (SSSR count). The lowest BCUT2D eigenvalue weighted by Crippen LogP contribution is -2.35. The van der Waals surface area contributed by atoms with Crippen LogP contribution in [0.5, 0.6) is 0 Å². The highest BCUT2D eigenvalue weighted by atomic mass is 35.5. The lowest BCUT2D eigenvalue weighted by atomic mass is 10.1. The smallest absolute Gasteiger partial charge is 0.270 e. The van der Waals surface area contributed by atoms with E-state index in [9.17, 15) is 9.59 Å². The van der Waals surface area contributed by atoms with Gasteiger partial charge in [-0.15, -0.1) is 0 Å². The van der Waals surface area contributed by atoms with Crippen LogP contribution in [0, 0.1) is 0 Å². The molecule has 0 aromatic carbocycles. The van der Waals surface area contributed by atoms with Gasteiger partial charge in [0.2, 0.25) is 0 Å². The van der Waals surface area contributed by atoms with Crippen molar-refractivity contribution < 1.29 is 14.3 Å². The summed E-state index contributed by atoms with van der Waals surface area (Å²) in [6, 6.07) is 5.35. The molecule has 4 heterocycles. The van der Waals surface area contributed by atoms with Gasteiger partial charge in [-0.2, -0.15) is 0 Å². The van der Waals surface area contributed by atoms with Crippen LogP contribution < -0.4 is 5.32 Å². The number of likely N-dealkylation sites (tertiary alicyclic amines) is 1. The molecule has 30 heavy (non-hydrogen) atoms. The Labute approximate surface area is 181 Å². The number of carbonyl (C=O) groups is 2. The molecule has 0 saturated carbocycles. The quantitative estimate of drug-likeness (QED) is 0.735. The molecular formula is C22H27ClN4O3. The van der Waals surface area contributed by atoms with Crippen molar-refractivity contribution in [2.45, 2.75) is 58.3 Å². The molecule has 8 heteroatoms. The molecule has 7 nitrogen and oxygen atoms in total. The molecule has 0 spiro atoms. The molecule has 1 saturated heterocycles. The maximum atomic E-state index is 13.2. The third-order valence-corrected chi connectivity index (χ3v) is 6.27. The van der Waals surface area contributed by atoms with Gasteiger partial charge in [-0.1, -0.05) is 24.6 Å². The maximum Gasteiger partial charge on any atom is 0.270 e. The SMILES string of the molecule is CCC(NC(=O)c1cc(C(=O)N2CCCC2C)n2c1COCC2)c1ccc(Cl)nc1. The number of aromatic nitrogens is 2. The Morgan fingerprint density at radius 3 is 2.87 bits per heavy atom. The first kappa shape index (κ1) is 20.9. The monoisotopic (exact) mass is 430 g/mol. The second-order valence-electron chi connectivity index (χ2n) is 7.93. The average Bonchev–Trinajstić information content (AvgIpc) is 3.36. The number of amides is 2. The molecule has 2 amide bonds. The van der Waals surface area contributed by atoms with E-state index in [4.69, 9.17) is 16.3 Å². The number of pyridine rings is 1. The molecule has 2 aromatic heterocycles. The first-order valence-electron chi connectivity index (χ1n) is 10.5. The van der Waals surface area contributed by atoms with Crippen LogP contribution in [0.2, 0.25) is 5.15 Å². The van der Waals surface area contributed by atoms with Gasteiger partial charge >= 0.3 is 0 Å². The molecule has 0 bridgehead atoms. The first-order chi connectivity index (χ1) is 14.5. The minimum absolute atomic E-state index is 0.00357. The van der Waals surface area contributed by atoms with Crippen molar-refractivity contribution in [3.8, 4) is 0 Å². The van der Waals surface area contributed by atoms with Gasteiger partial charge in [0, 0.05) is 25.3 Å². The van der Waals surface area contributed by atoms with E-state index < -0.39 is 0 Å². The van der Waals surface area contributed by atoms with Crippen molar-refractivity contribution in [3.05, 3.63) is 52.1 Å². The topological polar surface area (TPSA) is 76.5 Å². The Morgan fingerprint density at radius 2 is 2.20 bits per heavy atom. The van der Waals surface area contributed by atoms with Gasteiger partial charge in [-0.3, -0.25) is 9.59 Å². The normalized spacial score (nSPS) is 19.4. The Morgan fingerprint density at radius 1 is 1.37 bits per heavy atom. The first-order valence-corrected chi connectivity index (χ1v) is 10.9. The van der Waals surface area contributed by atoms with Crippen LogP contribution in [-0.2, 0) is 17.9 Å². The zero-order valence-electron chi connectivity index (χ0n) is 17.4. The lowest BCUT2D eigenvalue weighted by Gasteiger charge is -2.24. The largest absolute Gasteiger partial charge is 0.373 e.